The lowest BCUT2D eigenvalue weighted by molar-refractivity contribution is -0.139. The fourth-order valence-electron chi connectivity index (χ4n) is 2.01. The molecule has 2 aromatic rings. The molecule has 0 aliphatic rings. The predicted molar refractivity (Wildman–Crippen MR) is 76.2 cm³/mol. The Morgan fingerprint density at radius 2 is 1.90 bits per heavy atom. The van der Waals surface area contributed by atoms with Crippen LogP contribution in [0.1, 0.15) is 16.8 Å². The van der Waals surface area contributed by atoms with Gasteiger partial charge in [0.2, 0.25) is 0 Å². The fourth-order valence-corrected chi connectivity index (χ4v) is 2.01. The molecule has 1 amide bonds. The number of fused-ring (bicyclic) bond motifs is 1. The maximum atomic E-state index is 13.7. The lowest BCUT2D eigenvalue weighted by atomic mass is 10.0. The van der Waals surface area contributed by atoms with Crippen LogP contribution in [0, 0.1) is 18.2 Å². The maximum Gasteiger partial charge on any atom is 0.327 e. The Kier molecular flexibility index (Phi) is 4.19. The molecule has 21 heavy (non-hydrogen) atoms. The van der Waals surface area contributed by atoms with Crippen LogP contribution in [0.15, 0.2) is 36.4 Å². The minimum Gasteiger partial charge on any atom is -0.480 e. The average Bonchev–Trinajstić information content (AvgIpc) is 2.47. The van der Waals surface area contributed by atoms with Gasteiger partial charge in [0.25, 0.3) is 5.91 Å². The van der Waals surface area contributed by atoms with Gasteiger partial charge in [0.1, 0.15) is 11.9 Å². The number of terminal acetylenes is 1. The van der Waals surface area contributed by atoms with Gasteiger partial charge in [0.05, 0.1) is 0 Å². The number of amides is 1. The first-order valence-corrected chi connectivity index (χ1v) is 6.19. The molecule has 0 aromatic heterocycles. The third-order valence-corrected chi connectivity index (χ3v) is 3.04. The fraction of sp³-hybridized carbons (Fsp3) is 0.125. The van der Waals surface area contributed by atoms with Crippen molar-refractivity contribution in [1.29, 1.82) is 0 Å². The van der Waals surface area contributed by atoms with Gasteiger partial charge >= 0.3 is 5.97 Å². The van der Waals surface area contributed by atoms with Gasteiger partial charge in [0, 0.05) is 17.4 Å². The molecular weight excluding hydrogens is 273 g/mol. The number of carbonyl (C=O) groups excluding carboxylic acids is 1. The topological polar surface area (TPSA) is 66.4 Å². The van der Waals surface area contributed by atoms with Crippen LogP contribution in [0.4, 0.5) is 4.39 Å². The van der Waals surface area contributed by atoms with E-state index in [0.717, 1.165) is 0 Å². The van der Waals surface area contributed by atoms with Crippen molar-refractivity contribution >= 4 is 22.6 Å². The summed E-state index contributed by atoms with van der Waals surface area (Å²) in [5.74, 6) is -0.0652. The van der Waals surface area contributed by atoms with Crippen LogP contribution in [-0.2, 0) is 4.79 Å². The van der Waals surface area contributed by atoms with Crippen molar-refractivity contribution in [2.75, 3.05) is 0 Å². The van der Waals surface area contributed by atoms with E-state index in [2.05, 4.69) is 11.2 Å². The molecule has 2 aromatic carbocycles. The molecule has 2 N–H and O–H groups in total. The SMILES string of the molecule is C#CCC(NC(=O)c1ccc(F)c2ccccc12)C(=O)O. The van der Waals surface area contributed by atoms with E-state index < -0.39 is 23.7 Å². The van der Waals surface area contributed by atoms with E-state index in [-0.39, 0.29) is 12.0 Å². The van der Waals surface area contributed by atoms with E-state index in [4.69, 9.17) is 11.5 Å². The van der Waals surface area contributed by atoms with Gasteiger partial charge in [-0.1, -0.05) is 24.3 Å². The highest BCUT2D eigenvalue weighted by Gasteiger charge is 2.21. The van der Waals surface area contributed by atoms with E-state index in [9.17, 15) is 14.0 Å². The van der Waals surface area contributed by atoms with Crippen LogP contribution in [0.5, 0.6) is 0 Å². The Labute approximate surface area is 120 Å². The third kappa shape index (κ3) is 3.00. The first-order valence-electron chi connectivity index (χ1n) is 6.19. The van der Waals surface area contributed by atoms with E-state index >= 15 is 0 Å². The lowest BCUT2D eigenvalue weighted by Gasteiger charge is -2.13. The second kappa shape index (κ2) is 6.06. The number of aliphatic carboxylic acids is 1. The summed E-state index contributed by atoms with van der Waals surface area (Å²) < 4.78 is 13.7. The molecular formula is C16H12FNO3. The van der Waals surface area contributed by atoms with Gasteiger partial charge in [-0.25, -0.2) is 9.18 Å². The summed E-state index contributed by atoms with van der Waals surface area (Å²) in [6.45, 7) is 0. The molecule has 106 valence electrons. The number of nitrogens with one attached hydrogen (secondary N) is 1. The van der Waals surface area contributed by atoms with Crippen LogP contribution in [-0.4, -0.2) is 23.0 Å². The Balaban J connectivity index is 2.38. The van der Waals surface area contributed by atoms with Crippen molar-refractivity contribution in [3.05, 3.63) is 47.8 Å². The summed E-state index contributed by atoms with van der Waals surface area (Å²) in [6, 6.07) is 7.81. The van der Waals surface area contributed by atoms with Crippen molar-refractivity contribution < 1.29 is 19.1 Å². The molecule has 0 radical (unpaired) electrons. The van der Waals surface area contributed by atoms with Crippen LogP contribution < -0.4 is 5.32 Å². The number of hydrogen-bond donors (Lipinski definition) is 2. The summed E-state index contributed by atoms with van der Waals surface area (Å²) >= 11 is 0. The van der Waals surface area contributed by atoms with Gasteiger partial charge in [-0.05, 0) is 17.5 Å². The van der Waals surface area contributed by atoms with Crippen LogP contribution >= 0.6 is 0 Å². The number of rotatable bonds is 4. The molecule has 0 bridgehead atoms. The molecule has 4 nitrogen and oxygen atoms in total. The van der Waals surface area contributed by atoms with E-state index in [1.165, 1.54) is 12.1 Å². The maximum absolute atomic E-state index is 13.7. The second-order valence-electron chi connectivity index (χ2n) is 4.41. The van der Waals surface area contributed by atoms with Crippen molar-refractivity contribution in [3.8, 4) is 12.3 Å². The van der Waals surface area contributed by atoms with Gasteiger partial charge in [-0.15, -0.1) is 12.3 Å². The standard InChI is InChI=1S/C16H12FNO3/c1-2-5-14(16(20)21)18-15(19)12-8-9-13(17)11-7-4-3-6-10(11)12/h1,3-4,6-9,14H,5H2,(H,18,19)(H,20,21). The minimum absolute atomic E-state index is 0.125. The molecule has 1 atom stereocenters. The Bertz CT molecular complexity index is 749. The normalized spacial score (nSPS) is 11.6. The first-order chi connectivity index (χ1) is 10.0. The summed E-state index contributed by atoms with van der Waals surface area (Å²) in [7, 11) is 0. The number of carbonyl (C=O) groups is 2. The van der Waals surface area contributed by atoms with Gasteiger partial charge in [-0.2, -0.15) is 0 Å². The van der Waals surface area contributed by atoms with E-state index in [0.29, 0.717) is 10.8 Å². The summed E-state index contributed by atoms with van der Waals surface area (Å²) in [6.07, 6.45) is 4.95. The Morgan fingerprint density at radius 1 is 1.24 bits per heavy atom. The first kappa shape index (κ1) is 14.5. The highest BCUT2D eigenvalue weighted by molar-refractivity contribution is 6.08. The molecule has 0 aliphatic heterocycles. The largest absolute Gasteiger partial charge is 0.480 e. The van der Waals surface area contributed by atoms with Crippen LogP contribution in [0.3, 0.4) is 0 Å². The van der Waals surface area contributed by atoms with Gasteiger partial charge in [-0.3, -0.25) is 4.79 Å². The molecule has 5 heteroatoms. The summed E-state index contributed by atoms with van der Waals surface area (Å²) in [5.41, 5.74) is 0.204. The molecule has 0 heterocycles. The Morgan fingerprint density at radius 3 is 2.52 bits per heavy atom. The zero-order valence-corrected chi connectivity index (χ0v) is 11.0. The molecule has 0 fully saturated rings. The molecule has 0 aliphatic carbocycles. The average molecular weight is 285 g/mol. The van der Waals surface area contributed by atoms with Crippen molar-refractivity contribution in [3.63, 3.8) is 0 Å². The highest BCUT2D eigenvalue weighted by atomic mass is 19.1. The summed E-state index contributed by atoms with van der Waals surface area (Å²) in [5, 5.41) is 12.0. The molecule has 0 saturated heterocycles. The number of carboxylic acid groups (broad SMARTS) is 1. The number of hydrogen-bond acceptors (Lipinski definition) is 2. The van der Waals surface area contributed by atoms with E-state index in [1.807, 2.05) is 0 Å². The number of halogens is 1. The minimum atomic E-state index is -1.22. The van der Waals surface area contributed by atoms with Crippen molar-refractivity contribution in [2.24, 2.45) is 0 Å². The zero-order valence-electron chi connectivity index (χ0n) is 11.0. The van der Waals surface area contributed by atoms with Crippen molar-refractivity contribution in [1.82, 2.24) is 5.32 Å². The quantitative estimate of drug-likeness (QED) is 0.846. The van der Waals surface area contributed by atoms with Gasteiger partial charge < -0.3 is 10.4 Å². The molecule has 2 rings (SSSR count). The number of benzene rings is 2. The third-order valence-electron chi connectivity index (χ3n) is 3.04. The van der Waals surface area contributed by atoms with Crippen molar-refractivity contribution in [2.45, 2.75) is 12.5 Å². The highest BCUT2D eigenvalue weighted by Crippen LogP contribution is 2.21. The lowest BCUT2D eigenvalue weighted by Crippen LogP contribution is -2.40. The molecule has 0 saturated carbocycles. The monoisotopic (exact) mass is 285 g/mol. The van der Waals surface area contributed by atoms with Gasteiger partial charge in [0.15, 0.2) is 0 Å². The van der Waals surface area contributed by atoms with Crippen LogP contribution in [0.2, 0.25) is 0 Å². The zero-order chi connectivity index (χ0) is 15.4. The molecule has 1 unspecified atom stereocenters. The van der Waals surface area contributed by atoms with Crippen LogP contribution in [0.25, 0.3) is 10.8 Å². The Hall–Kier alpha value is -2.87. The smallest absolute Gasteiger partial charge is 0.327 e. The second-order valence-corrected chi connectivity index (χ2v) is 4.41. The van der Waals surface area contributed by atoms with E-state index in [1.54, 1.807) is 24.3 Å². The predicted octanol–water partition coefficient (Wildman–Crippen LogP) is 2.19. The number of carboxylic acids is 1. The summed E-state index contributed by atoms with van der Waals surface area (Å²) in [4.78, 5) is 23.2. The molecule has 0 spiro atoms.